The molecule has 0 radical (unpaired) electrons. The Hall–Kier alpha value is -4.97. The lowest BCUT2D eigenvalue weighted by atomic mass is 9.98. The summed E-state index contributed by atoms with van der Waals surface area (Å²) in [5.41, 5.74) is 5.36. The molecule has 3 aliphatic rings. The van der Waals surface area contributed by atoms with Crippen molar-refractivity contribution >= 4 is 70.6 Å². The molecule has 1 aromatic heterocycles. The van der Waals surface area contributed by atoms with Crippen LogP contribution in [0.2, 0.25) is 5.02 Å². The Morgan fingerprint density at radius 3 is 2.53 bits per heavy atom. The second kappa shape index (κ2) is 17.7. The first-order valence-corrected chi connectivity index (χ1v) is 22.6. The topological polar surface area (TPSA) is 158 Å². The van der Waals surface area contributed by atoms with E-state index in [0.717, 1.165) is 80.4 Å². The number of fused-ring (bicyclic) bond motifs is 1. The molecule has 1 unspecified atom stereocenters. The quantitative estimate of drug-likeness (QED) is 0.0582. The van der Waals surface area contributed by atoms with Gasteiger partial charge in [0.05, 0.1) is 24.7 Å². The second-order valence-corrected chi connectivity index (χ2v) is 18.9. The Morgan fingerprint density at radius 2 is 1.75 bits per heavy atom. The van der Waals surface area contributed by atoms with Crippen molar-refractivity contribution in [3.05, 3.63) is 88.6 Å². The Labute approximate surface area is 338 Å². The minimum absolute atomic E-state index is 0.122. The molecule has 0 bridgehead atoms. The van der Waals surface area contributed by atoms with Crippen LogP contribution in [0.1, 0.15) is 66.4 Å². The number of aryl methyl sites for hydroxylation is 1. The van der Waals surface area contributed by atoms with Gasteiger partial charge in [0.1, 0.15) is 24.0 Å². The molecule has 4 heterocycles. The fraction of sp³-hybridized carbons (Fsp3) is 0.405. The van der Waals surface area contributed by atoms with Crippen molar-refractivity contribution in [2.45, 2.75) is 70.0 Å². The van der Waals surface area contributed by atoms with Crippen molar-refractivity contribution in [2.24, 2.45) is 0 Å². The van der Waals surface area contributed by atoms with E-state index < -0.39 is 13.2 Å². The number of para-hydroxylation sites is 1. The number of hydrogen-bond donors (Lipinski definition) is 4. The van der Waals surface area contributed by atoms with Gasteiger partial charge in [0, 0.05) is 54.7 Å². The molecule has 0 spiro atoms. The van der Waals surface area contributed by atoms with Gasteiger partial charge < -0.3 is 35.1 Å². The molecule has 2 saturated heterocycles. The van der Waals surface area contributed by atoms with Gasteiger partial charge in [0.15, 0.2) is 5.82 Å². The standard InChI is InChI=1S/C42H50ClN8O5P/c1-56-36-24-29(15-16-33(36)47-42-45-25-32(43)39(49-42)46-34-13-6-7-14-37(34)57(2,3)55)50-22-19-28(20-23-50)44-21-8-4-5-10-27-11-9-12-30-31(27)26-51(41(30)54)35-17-18-38(52)48-40(35)53/h6-7,9,11-16,24-25,28,35,44H,4-5,8,10,17-23,26H2,1-3H3,(H,48,52,53)(H2,45,46,47,49). The van der Waals surface area contributed by atoms with Crippen LogP contribution in [0.15, 0.2) is 66.9 Å². The molecular weight excluding hydrogens is 763 g/mol. The van der Waals surface area contributed by atoms with E-state index >= 15 is 0 Å². The predicted molar refractivity (Wildman–Crippen MR) is 225 cm³/mol. The first-order chi connectivity index (χ1) is 27.5. The maximum Gasteiger partial charge on any atom is 0.255 e. The third-order valence-electron chi connectivity index (χ3n) is 11.0. The van der Waals surface area contributed by atoms with Gasteiger partial charge in [0.2, 0.25) is 17.8 Å². The molecular formula is C42H50ClN8O5P. The predicted octanol–water partition coefficient (Wildman–Crippen LogP) is 6.61. The summed E-state index contributed by atoms with van der Waals surface area (Å²) in [4.78, 5) is 50.2. The number of unbranched alkanes of at least 4 members (excludes halogenated alkanes) is 2. The molecule has 0 saturated carbocycles. The van der Waals surface area contributed by atoms with Gasteiger partial charge in [-0.25, -0.2) is 4.98 Å². The highest BCUT2D eigenvalue weighted by Gasteiger charge is 2.39. The molecule has 1 atom stereocenters. The van der Waals surface area contributed by atoms with E-state index in [1.54, 1.807) is 25.3 Å². The molecule has 4 aromatic rings. The van der Waals surface area contributed by atoms with Crippen molar-refractivity contribution in [1.29, 1.82) is 0 Å². The summed E-state index contributed by atoms with van der Waals surface area (Å²) < 4.78 is 18.7. The Balaban J connectivity index is 0.855. The van der Waals surface area contributed by atoms with Gasteiger partial charge in [-0.2, -0.15) is 4.98 Å². The Kier molecular flexibility index (Phi) is 12.5. The summed E-state index contributed by atoms with van der Waals surface area (Å²) >= 11 is 6.46. The largest absolute Gasteiger partial charge is 0.494 e. The average molecular weight is 813 g/mol. The number of imide groups is 1. The maximum atomic E-state index is 13.2. The van der Waals surface area contributed by atoms with Crippen LogP contribution in [0.3, 0.4) is 0 Å². The fourth-order valence-electron chi connectivity index (χ4n) is 7.94. The minimum atomic E-state index is -2.54. The van der Waals surface area contributed by atoms with Gasteiger partial charge in [-0.3, -0.25) is 19.7 Å². The van der Waals surface area contributed by atoms with Crippen LogP contribution in [0.4, 0.5) is 28.8 Å². The number of hydrogen-bond acceptors (Lipinski definition) is 11. The average Bonchev–Trinajstić information content (AvgIpc) is 3.53. The monoisotopic (exact) mass is 812 g/mol. The van der Waals surface area contributed by atoms with Crippen molar-refractivity contribution in [2.75, 3.05) is 55.6 Å². The maximum absolute atomic E-state index is 13.2. The summed E-state index contributed by atoms with van der Waals surface area (Å²) in [6.07, 6.45) is 8.30. The zero-order chi connectivity index (χ0) is 40.1. The van der Waals surface area contributed by atoms with Crippen LogP contribution in [-0.2, 0) is 27.1 Å². The highest BCUT2D eigenvalue weighted by atomic mass is 35.5. The van der Waals surface area contributed by atoms with Gasteiger partial charge in [-0.15, -0.1) is 0 Å². The number of ether oxygens (including phenoxy) is 1. The number of methoxy groups -OCH3 is 1. The number of amides is 3. The number of carbonyl (C=O) groups excluding carboxylic acids is 3. The van der Waals surface area contributed by atoms with Crippen LogP contribution < -0.4 is 36.2 Å². The molecule has 57 heavy (non-hydrogen) atoms. The lowest BCUT2D eigenvalue weighted by molar-refractivity contribution is -0.136. The zero-order valence-electron chi connectivity index (χ0n) is 32.6. The first-order valence-electron chi connectivity index (χ1n) is 19.6. The molecule has 3 aliphatic heterocycles. The second-order valence-electron chi connectivity index (χ2n) is 15.3. The van der Waals surface area contributed by atoms with Crippen LogP contribution in [-0.4, -0.2) is 84.7 Å². The lowest BCUT2D eigenvalue weighted by Crippen LogP contribution is -2.52. The third-order valence-corrected chi connectivity index (χ3v) is 12.8. The van der Waals surface area contributed by atoms with Crippen LogP contribution in [0.5, 0.6) is 5.75 Å². The number of piperidine rings is 2. The van der Waals surface area contributed by atoms with Gasteiger partial charge in [0.25, 0.3) is 5.91 Å². The smallest absolute Gasteiger partial charge is 0.255 e. The highest BCUT2D eigenvalue weighted by molar-refractivity contribution is 7.70. The summed E-state index contributed by atoms with van der Waals surface area (Å²) in [5, 5.41) is 13.7. The van der Waals surface area contributed by atoms with Gasteiger partial charge in [-0.05, 0) is 99.9 Å². The summed E-state index contributed by atoms with van der Waals surface area (Å²) in [6.45, 7) is 6.70. The number of carbonyl (C=O) groups is 3. The molecule has 15 heteroatoms. The number of nitrogens with one attached hydrogen (secondary N) is 4. The van der Waals surface area contributed by atoms with Crippen LogP contribution in [0.25, 0.3) is 0 Å². The molecule has 7 rings (SSSR count). The van der Waals surface area contributed by atoms with E-state index in [9.17, 15) is 18.9 Å². The van der Waals surface area contributed by atoms with Crippen LogP contribution in [0, 0.1) is 0 Å². The van der Waals surface area contributed by atoms with Crippen molar-refractivity contribution in [3.8, 4) is 5.75 Å². The fourth-order valence-corrected chi connectivity index (χ4v) is 9.24. The van der Waals surface area contributed by atoms with E-state index in [4.69, 9.17) is 16.3 Å². The molecule has 4 N–H and O–H groups in total. The number of aromatic nitrogens is 2. The van der Waals surface area contributed by atoms with E-state index in [0.29, 0.717) is 52.8 Å². The SMILES string of the molecule is COc1cc(N2CCC(NCCCCCc3cccc4c3CN(C3CCC(=O)NC3=O)C4=O)CC2)ccc1Nc1ncc(Cl)c(Nc2ccccc2P(C)(C)=O)n1. The van der Waals surface area contributed by atoms with Gasteiger partial charge in [-0.1, -0.05) is 42.3 Å². The summed E-state index contributed by atoms with van der Waals surface area (Å²) in [6, 6.07) is 19.3. The molecule has 3 aromatic carbocycles. The van der Waals surface area contributed by atoms with E-state index in [1.165, 1.54) is 11.8 Å². The molecule has 13 nitrogen and oxygen atoms in total. The van der Waals surface area contributed by atoms with E-state index in [-0.39, 0.29) is 24.1 Å². The molecule has 2 fully saturated rings. The Morgan fingerprint density at radius 1 is 0.947 bits per heavy atom. The number of halogens is 1. The minimum Gasteiger partial charge on any atom is -0.494 e. The number of benzene rings is 3. The highest BCUT2D eigenvalue weighted by Crippen LogP contribution is 2.39. The lowest BCUT2D eigenvalue weighted by Gasteiger charge is -2.34. The Bertz CT molecular complexity index is 2190. The summed E-state index contributed by atoms with van der Waals surface area (Å²) in [7, 11) is -0.899. The normalized spacial score (nSPS) is 17.4. The van der Waals surface area contributed by atoms with Crippen molar-refractivity contribution < 1.29 is 23.7 Å². The van der Waals surface area contributed by atoms with Gasteiger partial charge >= 0.3 is 0 Å². The number of nitrogens with zero attached hydrogens (tertiary/aromatic N) is 4. The molecule has 300 valence electrons. The summed E-state index contributed by atoms with van der Waals surface area (Å²) in [5.74, 6) is 0.633. The zero-order valence-corrected chi connectivity index (χ0v) is 34.3. The first kappa shape index (κ1) is 40.2. The molecule has 3 amide bonds. The van der Waals surface area contributed by atoms with Crippen molar-refractivity contribution in [1.82, 2.24) is 25.5 Å². The third kappa shape index (κ3) is 9.43. The van der Waals surface area contributed by atoms with E-state index in [1.807, 2.05) is 48.5 Å². The van der Waals surface area contributed by atoms with E-state index in [2.05, 4.69) is 48.3 Å². The number of rotatable bonds is 15. The molecule has 0 aliphatic carbocycles. The number of anilines is 5. The van der Waals surface area contributed by atoms with Crippen molar-refractivity contribution in [3.63, 3.8) is 0 Å². The van der Waals surface area contributed by atoms with Crippen LogP contribution >= 0.6 is 18.7 Å².